The smallest absolute Gasteiger partial charge is 0.255 e. The van der Waals surface area contributed by atoms with Crippen LogP contribution in [0.1, 0.15) is 37.0 Å². The van der Waals surface area contributed by atoms with E-state index in [1.165, 1.54) is 0 Å². The molecule has 2 N–H and O–H groups in total. The molecule has 0 aromatic carbocycles. The first-order valence-electron chi connectivity index (χ1n) is 7.70. The molecule has 1 aromatic heterocycles. The molecular formula is C16H26N4O. The zero-order valence-electron chi connectivity index (χ0n) is 13.3. The lowest BCUT2D eigenvalue weighted by Gasteiger charge is -2.38. The number of anilines is 1. The fraction of sp³-hybridized carbons (Fsp3) is 0.625. The molecular weight excluding hydrogens is 264 g/mol. The quantitative estimate of drug-likeness (QED) is 0.870. The van der Waals surface area contributed by atoms with Gasteiger partial charge < -0.3 is 15.5 Å². The highest BCUT2D eigenvalue weighted by molar-refractivity contribution is 5.98. The number of piperidine rings is 1. The van der Waals surface area contributed by atoms with Crippen LogP contribution < -0.4 is 10.6 Å². The van der Waals surface area contributed by atoms with Crippen LogP contribution in [0, 0.1) is 5.41 Å². The van der Waals surface area contributed by atoms with E-state index in [4.69, 9.17) is 0 Å². The monoisotopic (exact) mass is 290 g/mol. The van der Waals surface area contributed by atoms with Gasteiger partial charge in [-0.15, -0.1) is 0 Å². The molecule has 116 valence electrons. The molecule has 2 heterocycles. The number of pyridine rings is 1. The number of hydrogen-bond acceptors (Lipinski definition) is 4. The maximum atomic E-state index is 12.4. The summed E-state index contributed by atoms with van der Waals surface area (Å²) in [6, 6.07) is 3.62. The summed E-state index contributed by atoms with van der Waals surface area (Å²) in [5.74, 6) is 0.616. The van der Waals surface area contributed by atoms with Gasteiger partial charge >= 0.3 is 0 Å². The summed E-state index contributed by atoms with van der Waals surface area (Å²) in [4.78, 5) is 19.0. The normalized spacial score (nSPS) is 18.2. The fourth-order valence-electron chi connectivity index (χ4n) is 2.62. The molecule has 0 atom stereocenters. The highest BCUT2D eigenvalue weighted by Crippen LogP contribution is 2.29. The maximum absolute atomic E-state index is 12.4. The Hall–Kier alpha value is -1.62. The lowest BCUT2D eigenvalue weighted by atomic mass is 9.80. The SMILES string of the molecule is CCNc1ncccc1C(=O)NCC1(C)CCN(C)CC1. The largest absolute Gasteiger partial charge is 0.370 e. The van der Waals surface area contributed by atoms with Crippen molar-refractivity contribution >= 4 is 11.7 Å². The molecule has 0 saturated carbocycles. The number of amides is 1. The van der Waals surface area contributed by atoms with Gasteiger partial charge in [0.2, 0.25) is 0 Å². The topological polar surface area (TPSA) is 57.3 Å². The molecule has 0 unspecified atom stereocenters. The van der Waals surface area contributed by atoms with Gasteiger partial charge in [0.1, 0.15) is 5.82 Å². The van der Waals surface area contributed by atoms with Gasteiger partial charge in [0, 0.05) is 19.3 Å². The summed E-state index contributed by atoms with van der Waals surface area (Å²) < 4.78 is 0. The minimum absolute atomic E-state index is 0.0424. The molecule has 1 amide bonds. The van der Waals surface area contributed by atoms with Crippen LogP contribution in [0.15, 0.2) is 18.3 Å². The first kappa shape index (κ1) is 15.8. The second kappa shape index (κ2) is 6.89. The molecule has 1 aromatic rings. The Morgan fingerprint density at radius 1 is 1.43 bits per heavy atom. The van der Waals surface area contributed by atoms with Gasteiger partial charge in [0.05, 0.1) is 5.56 Å². The summed E-state index contributed by atoms with van der Waals surface area (Å²) >= 11 is 0. The number of likely N-dealkylation sites (tertiary alicyclic amines) is 1. The zero-order chi connectivity index (χ0) is 15.3. The predicted octanol–water partition coefficient (Wildman–Crippen LogP) is 1.98. The van der Waals surface area contributed by atoms with Crippen molar-refractivity contribution in [3.05, 3.63) is 23.9 Å². The van der Waals surface area contributed by atoms with Crippen LogP contribution in [-0.4, -0.2) is 49.0 Å². The molecule has 5 nitrogen and oxygen atoms in total. The molecule has 1 fully saturated rings. The van der Waals surface area contributed by atoms with Crippen LogP contribution >= 0.6 is 0 Å². The second-order valence-corrected chi connectivity index (χ2v) is 6.23. The van der Waals surface area contributed by atoms with Gasteiger partial charge in [-0.25, -0.2) is 4.98 Å². The molecule has 2 rings (SSSR count). The minimum Gasteiger partial charge on any atom is -0.370 e. The van der Waals surface area contributed by atoms with Crippen molar-refractivity contribution in [2.75, 3.05) is 38.5 Å². The first-order chi connectivity index (χ1) is 10.0. The van der Waals surface area contributed by atoms with Gasteiger partial charge in [-0.2, -0.15) is 0 Å². The van der Waals surface area contributed by atoms with Crippen molar-refractivity contribution in [2.45, 2.75) is 26.7 Å². The number of aromatic nitrogens is 1. The zero-order valence-corrected chi connectivity index (χ0v) is 13.3. The highest BCUT2D eigenvalue weighted by atomic mass is 16.1. The van der Waals surface area contributed by atoms with Crippen LogP contribution in [0.3, 0.4) is 0 Å². The summed E-state index contributed by atoms with van der Waals surface area (Å²) in [5.41, 5.74) is 0.818. The molecule has 1 saturated heterocycles. The highest BCUT2D eigenvalue weighted by Gasteiger charge is 2.29. The van der Waals surface area contributed by atoms with E-state index in [-0.39, 0.29) is 11.3 Å². The number of rotatable bonds is 5. The second-order valence-electron chi connectivity index (χ2n) is 6.23. The standard InChI is InChI=1S/C16H26N4O/c1-4-17-14-13(6-5-9-18-14)15(21)19-12-16(2)7-10-20(3)11-8-16/h5-6,9H,4,7-8,10-12H2,1-3H3,(H,17,18)(H,19,21). The molecule has 0 spiro atoms. The van der Waals surface area contributed by atoms with Gasteiger partial charge in [0.25, 0.3) is 5.91 Å². The average molecular weight is 290 g/mol. The van der Waals surface area contributed by atoms with Gasteiger partial charge in [0.15, 0.2) is 0 Å². The Kier molecular flexibility index (Phi) is 5.17. The summed E-state index contributed by atoms with van der Waals surface area (Å²) in [7, 11) is 2.15. The van der Waals surface area contributed by atoms with Crippen molar-refractivity contribution in [3.8, 4) is 0 Å². The third-order valence-corrected chi connectivity index (χ3v) is 4.27. The molecule has 0 bridgehead atoms. The van der Waals surface area contributed by atoms with E-state index in [1.807, 2.05) is 13.0 Å². The van der Waals surface area contributed by atoms with Crippen molar-refractivity contribution < 1.29 is 4.79 Å². The predicted molar refractivity (Wildman–Crippen MR) is 85.6 cm³/mol. The van der Waals surface area contributed by atoms with E-state index in [0.717, 1.165) is 39.0 Å². The molecule has 0 radical (unpaired) electrons. The van der Waals surface area contributed by atoms with E-state index < -0.39 is 0 Å². The van der Waals surface area contributed by atoms with Crippen molar-refractivity contribution in [1.29, 1.82) is 0 Å². The number of nitrogens with zero attached hydrogens (tertiary/aromatic N) is 2. The third kappa shape index (κ3) is 4.17. The third-order valence-electron chi connectivity index (χ3n) is 4.27. The summed E-state index contributed by atoms with van der Waals surface area (Å²) in [6.45, 7) is 7.93. The minimum atomic E-state index is -0.0424. The van der Waals surface area contributed by atoms with Crippen molar-refractivity contribution in [1.82, 2.24) is 15.2 Å². The Morgan fingerprint density at radius 3 is 2.81 bits per heavy atom. The molecule has 21 heavy (non-hydrogen) atoms. The van der Waals surface area contributed by atoms with Crippen LogP contribution in [0.25, 0.3) is 0 Å². The number of carbonyl (C=O) groups is 1. The first-order valence-corrected chi connectivity index (χ1v) is 7.70. The van der Waals surface area contributed by atoms with Crippen molar-refractivity contribution in [3.63, 3.8) is 0 Å². The number of carbonyl (C=O) groups excluding carboxylic acids is 1. The molecule has 0 aliphatic carbocycles. The van der Waals surface area contributed by atoms with Gasteiger partial charge in [-0.3, -0.25) is 4.79 Å². The molecule has 1 aliphatic rings. The van der Waals surface area contributed by atoms with Crippen molar-refractivity contribution in [2.24, 2.45) is 5.41 Å². The molecule has 1 aliphatic heterocycles. The fourth-order valence-corrected chi connectivity index (χ4v) is 2.62. The lowest BCUT2D eigenvalue weighted by Crippen LogP contribution is -2.43. The van der Waals surface area contributed by atoms with Crippen LogP contribution in [0.4, 0.5) is 5.82 Å². The Labute approximate surface area is 127 Å². The summed E-state index contributed by atoms with van der Waals surface area (Å²) in [6.07, 6.45) is 3.95. The van der Waals surface area contributed by atoms with Gasteiger partial charge in [-0.1, -0.05) is 6.92 Å². The molecule has 5 heteroatoms. The van der Waals surface area contributed by atoms with E-state index in [0.29, 0.717) is 11.4 Å². The van der Waals surface area contributed by atoms with E-state index in [2.05, 4.69) is 34.5 Å². The Morgan fingerprint density at radius 2 is 2.14 bits per heavy atom. The Bertz CT molecular complexity index is 481. The maximum Gasteiger partial charge on any atom is 0.255 e. The summed E-state index contributed by atoms with van der Waals surface area (Å²) in [5, 5.41) is 6.22. The number of hydrogen-bond donors (Lipinski definition) is 2. The van der Waals surface area contributed by atoms with E-state index in [9.17, 15) is 4.79 Å². The van der Waals surface area contributed by atoms with Crippen LogP contribution in [0.5, 0.6) is 0 Å². The van der Waals surface area contributed by atoms with Gasteiger partial charge in [-0.05, 0) is 57.5 Å². The van der Waals surface area contributed by atoms with E-state index >= 15 is 0 Å². The van der Waals surface area contributed by atoms with Crippen LogP contribution in [0.2, 0.25) is 0 Å². The number of nitrogens with one attached hydrogen (secondary N) is 2. The van der Waals surface area contributed by atoms with Crippen LogP contribution in [-0.2, 0) is 0 Å². The average Bonchev–Trinajstić information content (AvgIpc) is 2.49. The Balaban J connectivity index is 1.96. The lowest BCUT2D eigenvalue weighted by molar-refractivity contribution is 0.0892. The van der Waals surface area contributed by atoms with E-state index in [1.54, 1.807) is 12.3 Å².